The summed E-state index contributed by atoms with van der Waals surface area (Å²) in [7, 11) is 0. The average Bonchev–Trinajstić information content (AvgIpc) is 3.67. The number of amides is 2. The van der Waals surface area contributed by atoms with Crippen LogP contribution in [0.1, 0.15) is 45.6 Å². The fraction of sp³-hybridized carbons (Fsp3) is 0.276. The molecule has 0 saturated heterocycles. The normalized spacial score (nSPS) is 12.3. The number of aromatic nitrogens is 4. The second-order valence-electron chi connectivity index (χ2n) is 9.19. The highest BCUT2D eigenvalue weighted by atomic mass is 16.5. The van der Waals surface area contributed by atoms with Crippen molar-refractivity contribution < 1.29 is 24.2 Å². The van der Waals surface area contributed by atoms with Crippen molar-refractivity contribution in [2.45, 2.75) is 38.3 Å². The fourth-order valence-corrected chi connectivity index (χ4v) is 4.19. The molecule has 2 aromatic carbocycles. The number of aliphatic hydroxyl groups excluding tert-OH is 1. The number of rotatable bonds is 13. The standard InChI is InChI=1S/C29H32N6O5/c1-2-40-29(39)26(36)15-23(14-19-8-10-21(11-9-19)20-6-4-3-5-7-20)33-28(38)25-16-24(34-35-25)27(37)31-13-12-22-17-30-18-32-22/h3-11,16-18,23,26,36H,2,12-15H2,1H3,(H,30,32)(H,31,37)(H,33,38)(H,34,35)/t23-,26-/m1/s1. The third kappa shape index (κ3) is 7.87. The number of carbonyl (C=O) groups is 3. The number of hydrogen-bond acceptors (Lipinski definition) is 7. The van der Waals surface area contributed by atoms with Crippen LogP contribution in [-0.2, 0) is 22.4 Å². The Bertz CT molecular complexity index is 1390. The van der Waals surface area contributed by atoms with Crippen molar-refractivity contribution in [3.63, 3.8) is 0 Å². The topological polar surface area (TPSA) is 162 Å². The zero-order valence-corrected chi connectivity index (χ0v) is 22.1. The van der Waals surface area contributed by atoms with E-state index >= 15 is 0 Å². The predicted molar refractivity (Wildman–Crippen MR) is 147 cm³/mol. The zero-order chi connectivity index (χ0) is 28.3. The van der Waals surface area contributed by atoms with Gasteiger partial charge in [-0.25, -0.2) is 9.78 Å². The van der Waals surface area contributed by atoms with Crippen LogP contribution in [0.4, 0.5) is 0 Å². The van der Waals surface area contributed by atoms with E-state index in [4.69, 9.17) is 4.74 Å². The summed E-state index contributed by atoms with van der Waals surface area (Å²) in [4.78, 5) is 44.5. The summed E-state index contributed by atoms with van der Waals surface area (Å²) in [6, 6.07) is 18.5. The maximum atomic E-state index is 13.0. The Hall–Kier alpha value is -4.77. The lowest BCUT2D eigenvalue weighted by atomic mass is 9.97. The first-order chi connectivity index (χ1) is 19.4. The van der Waals surface area contributed by atoms with Gasteiger partial charge in [-0.15, -0.1) is 0 Å². The molecule has 2 amide bonds. The first-order valence-electron chi connectivity index (χ1n) is 13.0. The zero-order valence-electron chi connectivity index (χ0n) is 22.1. The van der Waals surface area contributed by atoms with Gasteiger partial charge in [-0.1, -0.05) is 54.6 Å². The molecule has 0 spiro atoms. The van der Waals surface area contributed by atoms with E-state index < -0.39 is 29.9 Å². The molecule has 0 fully saturated rings. The van der Waals surface area contributed by atoms with E-state index in [1.165, 1.54) is 6.07 Å². The van der Waals surface area contributed by atoms with Crippen LogP contribution in [0, 0.1) is 0 Å². The van der Waals surface area contributed by atoms with Crippen LogP contribution in [0.5, 0.6) is 0 Å². The van der Waals surface area contributed by atoms with E-state index in [0.29, 0.717) is 19.4 Å². The molecule has 208 valence electrons. The van der Waals surface area contributed by atoms with Gasteiger partial charge in [0.1, 0.15) is 5.69 Å². The number of hydrogen-bond donors (Lipinski definition) is 5. The summed E-state index contributed by atoms with van der Waals surface area (Å²) < 4.78 is 4.93. The molecule has 4 aromatic rings. The Morgan fingerprint density at radius 3 is 2.48 bits per heavy atom. The summed E-state index contributed by atoms with van der Waals surface area (Å²) in [6.45, 7) is 2.16. The number of benzene rings is 2. The molecule has 0 bridgehead atoms. The Morgan fingerprint density at radius 2 is 1.77 bits per heavy atom. The van der Waals surface area contributed by atoms with Crippen LogP contribution in [-0.4, -0.2) is 68.4 Å². The number of aliphatic hydroxyl groups is 1. The maximum Gasteiger partial charge on any atom is 0.335 e. The summed E-state index contributed by atoms with van der Waals surface area (Å²) in [5.74, 6) is -1.70. The molecule has 2 aromatic heterocycles. The van der Waals surface area contributed by atoms with Gasteiger partial charge in [-0.3, -0.25) is 14.7 Å². The largest absolute Gasteiger partial charge is 0.464 e. The van der Waals surface area contributed by atoms with E-state index in [2.05, 4.69) is 30.8 Å². The summed E-state index contributed by atoms with van der Waals surface area (Å²) >= 11 is 0. The van der Waals surface area contributed by atoms with E-state index in [1.807, 2.05) is 54.6 Å². The minimum absolute atomic E-state index is 0.00812. The molecule has 11 heteroatoms. The number of ether oxygens (including phenoxy) is 1. The smallest absolute Gasteiger partial charge is 0.335 e. The van der Waals surface area contributed by atoms with Gasteiger partial charge in [0.05, 0.1) is 12.9 Å². The predicted octanol–water partition coefficient (Wildman–Crippen LogP) is 2.43. The lowest BCUT2D eigenvalue weighted by molar-refractivity contribution is -0.153. The Balaban J connectivity index is 1.40. The lowest BCUT2D eigenvalue weighted by Crippen LogP contribution is -2.41. The van der Waals surface area contributed by atoms with Gasteiger partial charge in [0.2, 0.25) is 0 Å². The fourth-order valence-electron chi connectivity index (χ4n) is 4.19. The van der Waals surface area contributed by atoms with Crippen LogP contribution in [0.2, 0.25) is 0 Å². The van der Waals surface area contributed by atoms with Crippen molar-refractivity contribution in [2.24, 2.45) is 0 Å². The van der Waals surface area contributed by atoms with Crippen molar-refractivity contribution in [3.8, 4) is 11.1 Å². The lowest BCUT2D eigenvalue weighted by Gasteiger charge is -2.21. The van der Waals surface area contributed by atoms with Gasteiger partial charge < -0.3 is 25.5 Å². The van der Waals surface area contributed by atoms with Crippen molar-refractivity contribution in [2.75, 3.05) is 13.2 Å². The summed E-state index contributed by atoms with van der Waals surface area (Å²) in [6.07, 6.45) is 2.69. The van der Waals surface area contributed by atoms with Gasteiger partial charge in [-0.2, -0.15) is 5.10 Å². The highest BCUT2D eigenvalue weighted by molar-refractivity contribution is 5.97. The Labute approximate surface area is 231 Å². The summed E-state index contributed by atoms with van der Waals surface area (Å²) in [5, 5.41) is 22.5. The third-order valence-corrected chi connectivity index (χ3v) is 6.23. The van der Waals surface area contributed by atoms with Gasteiger partial charge in [-0.05, 0) is 30.0 Å². The van der Waals surface area contributed by atoms with E-state index in [9.17, 15) is 19.5 Å². The third-order valence-electron chi connectivity index (χ3n) is 6.23. The highest BCUT2D eigenvalue weighted by Gasteiger charge is 2.25. The Morgan fingerprint density at radius 1 is 1.02 bits per heavy atom. The molecule has 0 radical (unpaired) electrons. The minimum Gasteiger partial charge on any atom is -0.464 e. The first kappa shape index (κ1) is 28.2. The van der Waals surface area contributed by atoms with Gasteiger partial charge in [0, 0.05) is 43.4 Å². The van der Waals surface area contributed by atoms with Crippen LogP contribution in [0.15, 0.2) is 73.2 Å². The van der Waals surface area contributed by atoms with Gasteiger partial charge in [0.25, 0.3) is 11.8 Å². The monoisotopic (exact) mass is 544 g/mol. The number of imidazole rings is 1. The SMILES string of the molecule is CCOC(=O)[C@H](O)C[C@@H](Cc1ccc(-c2ccccc2)cc1)NC(=O)c1cc(C(=O)NCCc2cnc[nH]2)[nH]n1. The van der Waals surface area contributed by atoms with Crippen molar-refractivity contribution in [1.82, 2.24) is 30.8 Å². The molecular formula is C29H32N6O5. The number of carbonyl (C=O) groups excluding carboxylic acids is 3. The summed E-state index contributed by atoms with van der Waals surface area (Å²) in [5.41, 5.74) is 4.05. The molecule has 2 atom stereocenters. The van der Waals surface area contributed by atoms with E-state index in [1.54, 1.807) is 19.4 Å². The molecule has 40 heavy (non-hydrogen) atoms. The molecule has 5 N–H and O–H groups in total. The molecule has 11 nitrogen and oxygen atoms in total. The second-order valence-corrected chi connectivity index (χ2v) is 9.19. The number of nitrogens with one attached hydrogen (secondary N) is 4. The number of nitrogens with zero attached hydrogens (tertiary/aromatic N) is 2. The number of aromatic amines is 2. The average molecular weight is 545 g/mol. The molecule has 4 rings (SSSR count). The van der Waals surface area contributed by atoms with E-state index in [-0.39, 0.29) is 24.4 Å². The molecule has 0 saturated carbocycles. The molecule has 0 aliphatic carbocycles. The van der Waals surface area contributed by atoms with Crippen molar-refractivity contribution in [1.29, 1.82) is 0 Å². The first-order valence-corrected chi connectivity index (χ1v) is 13.0. The molecule has 0 unspecified atom stereocenters. The van der Waals surface area contributed by atoms with E-state index in [0.717, 1.165) is 22.4 Å². The van der Waals surface area contributed by atoms with Crippen LogP contribution in [0.25, 0.3) is 11.1 Å². The van der Waals surface area contributed by atoms with Crippen molar-refractivity contribution >= 4 is 17.8 Å². The minimum atomic E-state index is -1.41. The van der Waals surface area contributed by atoms with Crippen LogP contribution >= 0.6 is 0 Å². The quantitative estimate of drug-likeness (QED) is 0.161. The Kier molecular flexibility index (Phi) is 9.78. The molecule has 0 aliphatic rings. The maximum absolute atomic E-state index is 13.0. The number of H-pyrrole nitrogens is 2. The molecule has 2 heterocycles. The van der Waals surface area contributed by atoms with Crippen molar-refractivity contribution in [3.05, 3.63) is 95.8 Å². The molecular weight excluding hydrogens is 512 g/mol. The van der Waals surface area contributed by atoms with Crippen LogP contribution in [0.3, 0.4) is 0 Å². The van der Waals surface area contributed by atoms with Gasteiger partial charge in [0.15, 0.2) is 11.8 Å². The van der Waals surface area contributed by atoms with Crippen LogP contribution < -0.4 is 10.6 Å². The van der Waals surface area contributed by atoms with Gasteiger partial charge >= 0.3 is 5.97 Å². The molecule has 0 aliphatic heterocycles. The second kappa shape index (κ2) is 13.9. The highest BCUT2D eigenvalue weighted by Crippen LogP contribution is 2.20. The number of esters is 1.